The number of carbonyl (C=O) groups excluding carboxylic acids is 2. The van der Waals surface area contributed by atoms with Gasteiger partial charge in [0.2, 0.25) is 5.91 Å². The minimum absolute atomic E-state index is 0.0198. The summed E-state index contributed by atoms with van der Waals surface area (Å²) >= 11 is 4.65. The third kappa shape index (κ3) is 3.20. The number of likely N-dealkylation sites (tertiary alicyclic amines) is 1. The lowest BCUT2D eigenvalue weighted by molar-refractivity contribution is -0.177. The van der Waals surface area contributed by atoms with Crippen LogP contribution >= 0.6 is 12.2 Å². The Labute approximate surface area is 221 Å². The first-order valence-corrected chi connectivity index (χ1v) is 13.0. The van der Waals surface area contributed by atoms with Gasteiger partial charge in [-0.15, -0.1) is 0 Å². The number of rotatable bonds is 5. The lowest BCUT2D eigenvalue weighted by atomic mass is 9.38. The van der Waals surface area contributed by atoms with Crippen molar-refractivity contribution >= 4 is 34.8 Å². The second-order valence-electron chi connectivity index (χ2n) is 10.8. The molecule has 1 saturated carbocycles. The molecule has 4 bridgehead atoms. The number of nitrogens with one attached hydrogen (secondary N) is 1. The number of fused-ring (bicyclic) bond motifs is 2. The number of piperidine rings is 1. The highest BCUT2D eigenvalue weighted by Gasteiger charge is 2.75. The molecule has 37 heavy (non-hydrogen) atoms. The van der Waals surface area contributed by atoms with Crippen LogP contribution < -0.4 is 5.32 Å². The van der Waals surface area contributed by atoms with Crippen molar-refractivity contribution in [1.29, 1.82) is 0 Å². The summed E-state index contributed by atoms with van der Waals surface area (Å²) in [6.45, 7) is 0.779. The Morgan fingerprint density at radius 3 is 2.78 bits per heavy atom. The molecule has 1 amide bonds. The topological polar surface area (TPSA) is 91.2 Å². The number of ketones is 1. The minimum atomic E-state index is -1.27. The van der Waals surface area contributed by atoms with E-state index in [9.17, 15) is 14.7 Å². The summed E-state index contributed by atoms with van der Waals surface area (Å²) in [6, 6.07) is 12.3. The Hall–Kier alpha value is -3.16. The normalized spacial score (nSPS) is 33.3. The maximum atomic E-state index is 14.7. The number of phenols is 1. The summed E-state index contributed by atoms with van der Waals surface area (Å²) in [5.74, 6) is -0.0230. The highest BCUT2D eigenvalue weighted by Crippen LogP contribution is 2.67. The van der Waals surface area contributed by atoms with Crippen molar-refractivity contribution in [3.05, 3.63) is 71.3 Å². The summed E-state index contributed by atoms with van der Waals surface area (Å²) in [7, 11) is 3.66. The standard InChI is InChI=1S/C29H29N3O4S/c1-32-12-11-28-22-15-21(33)8-5-19(22)14-24(32)27(28)9-10-29(36-2,26(28)35)23(16-27)31-25(34)13-18-3-6-20(7-4-18)30-17-37/h3-10,15,23-24,33H,11-14,16H2,1-2H3,(H,31,34). The molecule has 1 aliphatic heterocycles. The molecule has 2 fully saturated rings. The number of hydrogen-bond donors (Lipinski definition) is 2. The number of phenolic OH excluding ortho intramolecular Hbond substituents is 1. The summed E-state index contributed by atoms with van der Waals surface area (Å²) in [4.78, 5) is 34.2. The molecule has 8 heteroatoms. The van der Waals surface area contributed by atoms with E-state index >= 15 is 0 Å². The number of likely N-dealkylation sites (N-methyl/N-ethyl adjacent to an activating group) is 1. The van der Waals surface area contributed by atoms with Gasteiger partial charge in [0.25, 0.3) is 0 Å². The maximum absolute atomic E-state index is 14.7. The van der Waals surface area contributed by atoms with E-state index in [1.807, 2.05) is 24.3 Å². The monoisotopic (exact) mass is 515 g/mol. The van der Waals surface area contributed by atoms with Crippen molar-refractivity contribution in [2.45, 2.75) is 48.8 Å². The molecule has 2 N–H and O–H groups in total. The maximum Gasteiger partial charge on any atom is 0.224 e. The van der Waals surface area contributed by atoms with Crippen LogP contribution in [-0.2, 0) is 32.6 Å². The molecular formula is C29H29N3O4S. The summed E-state index contributed by atoms with van der Waals surface area (Å²) < 4.78 is 6.03. The first-order chi connectivity index (χ1) is 17.8. The molecule has 4 aliphatic carbocycles. The van der Waals surface area contributed by atoms with Gasteiger partial charge < -0.3 is 20.1 Å². The molecule has 5 aliphatic rings. The van der Waals surface area contributed by atoms with Crippen molar-refractivity contribution < 1.29 is 19.4 Å². The number of aromatic hydroxyl groups is 1. The van der Waals surface area contributed by atoms with Gasteiger partial charge in [0.1, 0.15) is 5.75 Å². The van der Waals surface area contributed by atoms with Gasteiger partial charge in [-0.05, 0) is 92.1 Å². The van der Waals surface area contributed by atoms with Crippen LogP contribution in [0, 0.1) is 5.41 Å². The fourth-order valence-corrected chi connectivity index (χ4v) is 7.74. The average molecular weight is 516 g/mol. The number of hydrogen-bond acceptors (Lipinski definition) is 7. The van der Waals surface area contributed by atoms with E-state index in [0.29, 0.717) is 18.5 Å². The van der Waals surface area contributed by atoms with Crippen molar-refractivity contribution in [1.82, 2.24) is 10.2 Å². The lowest BCUT2D eigenvalue weighted by Crippen LogP contribution is -2.80. The van der Waals surface area contributed by atoms with Crippen LogP contribution in [0.15, 0.2) is 59.6 Å². The zero-order chi connectivity index (χ0) is 26.0. The first kappa shape index (κ1) is 24.2. The number of amides is 1. The molecule has 1 spiro atoms. The first-order valence-electron chi connectivity index (χ1n) is 12.6. The van der Waals surface area contributed by atoms with Gasteiger partial charge in [-0.1, -0.05) is 24.3 Å². The molecule has 5 atom stereocenters. The van der Waals surface area contributed by atoms with E-state index < -0.39 is 22.5 Å². The van der Waals surface area contributed by atoms with E-state index in [1.165, 1.54) is 0 Å². The largest absolute Gasteiger partial charge is 0.508 e. The summed E-state index contributed by atoms with van der Waals surface area (Å²) in [5.41, 5.74) is 0.955. The summed E-state index contributed by atoms with van der Waals surface area (Å²) in [6.07, 6.45) is 6.25. The fraction of sp³-hybridized carbons (Fsp3) is 0.414. The van der Waals surface area contributed by atoms with Gasteiger partial charge in [0, 0.05) is 18.6 Å². The number of benzene rings is 2. The predicted molar refractivity (Wildman–Crippen MR) is 142 cm³/mol. The molecule has 1 saturated heterocycles. The number of ether oxygens (including phenoxy) is 1. The minimum Gasteiger partial charge on any atom is -0.508 e. The van der Waals surface area contributed by atoms with Crippen molar-refractivity contribution in [2.75, 3.05) is 20.7 Å². The fourth-order valence-electron chi connectivity index (χ4n) is 7.64. The smallest absolute Gasteiger partial charge is 0.224 e. The molecule has 5 unspecified atom stereocenters. The number of carbonyl (C=O) groups is 2. The number of methoxy groups -OCH3 is 1. The van der Waals surface area contributed by atoms with Crippen molar-refractivity contribution in [2.24, 2.45) is 10.4 Å². The zero-order valence-corrected chi connectivity index (χ0v) is 21.7. The number of aliphatic imine (C=N–C) groups is 1. The van der Waals surface area contributed by atoms with Gasteiger partial charge in [0.05, 0.1) is 28.7 Å². The lowest BCUT2D eigenvalue weighted by Gasteiger charge is -2.69. The van der Waals surface area contributed by atoms with E-state index in [-0.39, 0.29) is 29.9 Å². The molecule has 2 aromatic carbocycles. The third-order valence-electron chi connectivity index (χ3n) is 9.31. The molecule has 0 radical (unpaired) electrons. The van der Waals surface area contributed by atoms with Gasteiger partial charge in [-0.2, -0.15) is 4.99 Å². The van der Waals surface area contributed by atoms with Crippen molar-refractivity contribution in [3.63, 3.8) is 0 Å². The molecule has 7 rings (SSSR count). The number of nitrogens with zero attached hydrogens (tertiary/aromatic N) is 2. The zero-order valence-electron chi connectivity index (χ0n) is 20.9. The van der Waals surface area contributed by atoms with Crippen molar-refractivity contribution in [3.8, 4) is 5.75 Å². The Morgan fingerprint density at radius 2 is 2.05 bits per heavy atom. The van der Waals surface area contributed by atoms with E-state index in [1.54, 1.807) is 31.4 Å². The van der Waals surface area contributed by atoms with Gasteiger partial charge in [0.15, 0.2) is 11.4 Å². The van der Waals surface area contributed by atoms with Gasteiger partial charge in [-0.25, -0.2) is 0 Å². The quantitative estimate of drug-likeness (QED) is 0.361. The predicted octanol–water partition coefficient (Wildman–Crippen LogP) is 3.27. The molecule has 190 valence electrons. The van der Waals surface area contributed by atoms with E-state index in [0.717, 1.165) is 29.7 Å². The van der Waals surface area contributed by atoms with Crippen LogP contribution in [0.3, 0.4) is 0 Å². The molecule has 0 aromatic heterocycles. The highest BCUT2D eigenvalue weighted by molar-refractivity contribution is 7.78. The van der Waals surface area contributed by atoms with Crippen LogP contribution in [-0.4, -0.2) is 65.2 Å². The SMILES string of the molecule is COC12C=CC3(CC1NC(=O)Cc1ccc(N=C=S)cc1)C1Cc4ccc(O)cc4C3(CCN1C)C2=O. The van der Waals surface area contributed by atoms with Gasteiger partial charge >= 0.3 is 0 Å². The van der Waals surface area contributed by atoms with E-state index in [4.69, 9.17) is 4.74 Å². The Balaban J connectivity index is 1.38. The number of Topliss-reactive ketones (excluding diaryl/α,β-unsaturated/α-hetero) is 1. The second kappa shape index (κ2) is 8.43. The Bertz CT molecular complexity index is 1380. The Kier molecular flexibility index (Phi) is 5.51. The average Bonchev–Trinajstić information content (AvgIpc) is 2.88. The van der Waals surface area contributed by atoms with Crippen LogP contribution in [0.25, 0.3) is 0 Å². The third-order valence-corrected chi connectivity index (χ3v) is 9.40. The molecular weight excluding hydrogens is 486 g/mol. The summed E-state index contributed by atoms with van der Waals surface area (Å²) in [5, 5.41) is 15.9. The Morgan fingerprint density at radius 1 is 1.27 bits per heavy atom. The molecule has 2 aromatic rings. The van der Waals surface area contributed by atoms with E-state index in [2.05, 4.69) is 45.7 Å². The van der Waals surface area contributed by atoms with Crippen LogP contribution in [0.4, 0.5) is 5.69 Å². The highest BCUT2D eigenvalue weighted by atomic mass is 32.1. The number of thiocarbonyl (C=S) groups is 1. The van der Waals surface area contributed by atoms with Gasteiger partial charge in [-0.3, -0.25) is 9.59 Å². The van der Waals surface area contributed by atoms with Crippen LogP contribution in [0.1, 0.15) is 29.5 Å². The number of isothiocyanates is 1. The van der Waals surface area contributed by atoms with Crippen LogP contribution in [0.2, 0.25) is 0 Å². The second-order valence-corrected chi connectivity index (χ2v) is 11.0. The van der Waals surface area contributed by atoms with Crippen LogP contribution in [0.5, 0.6) is 5.75 Å². The molecule has 7 nitrogen and oxygen atoms in total. The molecule has 1 heterocycles.